The molecule has 2 heteroatoms. The lowest BCUT2D eigenvalue weighted by Gasteiger charge is -2.42. The monoisotopic (exact) mass is 266 g/mol. The highest BCUT2D eigenvalue weighted by molar-refractivity contribution is 4.88. The Hall–Kier alpha value is -0.0800. The summed E-state index contributed by atoms with van der Waals surface area (Å²) in [6.07, 6.45) is 12.8. The Balaban J connectivity index is 1.82. The van der Waals surface area contributed by atoms with Gasteiger partial charge in [0.2, 0.25) is 0 Å². The maximum absolute atomic E-state index is 6.16. The Bertz CT molecular complexity index is 260. The fraction of sp³-hybridized carbons (Fsp3) is 1.00. The predicted octanol–water partition coefficient (Wildman–Crippen LogP) is 3.65. The van der Waals surface area contributed by atoms with Gasteiger partial charge in [0.25, 0.3) is 0 Å². The Morgan fingerprint density at radius 3 is 2.47 bits per heavy atom. The van der Waals surface area contributed by atoms with Gasteiger partial charge in [0.05, 0.1) is 0 Å². The standard InChI is InChI=1S/C17H34N2/c1-15-7-6-10-17(11-15,13-18)14-19(2)12-16-8-4-3-5-9-16/h15-16H,3-14,18H2,1-2H3. The second-order valence-electron chi connectivity index (χ2n) is 7.61. The van der Waals surface area contributed by atoms with Gasteiger partial charge in [-0.25, -0.2) is 0 Å². The van der Waals surface area contributed by atoms with E-state index in [4.69, 9.17) is 5.73 Å². The van der Waals surface area contributed by atoms with Crippen LogP contribution >= 0.6 is 0 Å². The number of nitrogens with zero attached hydrogens (tertiary/aromatic N) is 1. The van der Waals surface area contributed by atoms with E-state index in [1.165, 1.54) is 70.9 Å². The summed E-state index contributed by atoms with van der Waals surface area (Å²) in [7, 11) is 2.32. The molecule has 2 fully saturated rings. The van der Waals surface area contributed by atoms with E-state index in [2.05, 4.69) is 18.9 Å². The normalized spacial score (nSPS) is 33.8. The molecule has 0 aromatic carbocycles. The first kappa shape index (κ1) is 15.3. The van der Waals surface area contributed by atoms with E-state index in [1.807, 2.05) is 0 Å². The van der Waals surface area contributed by atoms with Crippen LogP contribution in [-0.2, 0) is 0 Å². The minimum Gasteiger partial charge on any atom is -0.330 e. The Morgan fingerprint density at radius 1 is 1.11 bits per heavy atom. The quantitative estimate of drug-likeness (QED) is 0.823. The van der Waals surface area contributed by atoms with Crippen LogP contribution in [0.3, 0.4) is 0 Å². The van der Waals surface area contributed by atoms with Crippen molar-refractivity contribution >= 4 is 0 Å². The molecule has 2 unspecified atom stereocenters. The largest absolute Gasteiger partial charge is 0.330 e. The van der Waals surface area contributed by atoms with Crippen molar-refractivity contribution in [1.82, 2.24) is 4.90 Å². The number of rotatable bonds is 5. The van der Waals surface area contributed by atoms with Crippen molar-refractivity contribution < 1.29 is 0 Å². The summed E-state index contributed by atoms with van der Waals surface area (Å²) >= 11 is 0. The van der Waals surface area contributed by atoms with E-state index < -0.39 is 0 Å². The molecule has 112 valence electrons. The van der Waals surface area contributed by atoms with Crippen LogP contribution in [0.1, 0.15) is 64.7 Å². The van der Waals surface area contributed by atoms with E-state index in [0.29, 0.717) is 5.41 Å². The molecule has 0 amide bonds. The third-order valence-electron chi connectivity index (χ3n) is 5.52. The fourth-order valence-electron chi connectivity index (χ4n) is 4.61. The zero-order valence-electron chi connectivity index (χ0n) is 13.2. The van der Waals surface area contributed by atoms with Crippen LogP contribution < -0.4 is 5.73 Å². The summed E-state index contributed by atoms with van der Waals surface area (Å²) in [5, 5.41) is 0. The molecule has 0 aromatic heterocycles. The molecule has 2 rings (SSSR count). The van der Waals surface area contributed by atoms with Crippen LogP contribution in [0.5, 0.6) is 0 Å². The van der Waals surface area contributed by atoms with Gasteiger partial charge >= 0.3 is 0 Å². The van der Waals surface area contributed by atoms with E-state index in [1.54, 1.807) is 0 Å². The lowest BCUT2D eigenvalue weighted by Crippen LogP contribution is -2.45. The van der Waals surface area contributed by atoms with Crippen molar-refractivity contribution in [2.45, 2.75) is 64.7 Å². The minimum atomic E-state index is 0.418. The molecule has 2 atom stereocenters. The average molecular weight is 266 g/mol. The highest BCUT2D eigenvalue weighted by atomic mass is 15.1. The van der Waals surface area contributed by atoms with E-state index in [-0.39, 0.29) is 0 Å². The van der Waals surface area contributed by atoms with Gasteiger partial charge < -0.3 is 10.6 Å². The molecule has 2 N–H and O–H groups in total. The first-order valence-electron chi connectivity index (χ1n) is 8.52. The first-order chi connectivity index (χ1) is 9.13. The van der Waals surface area contributed by atoms with Gasteiger partial charge in [-0.3, -0.25) is 0 Å². The second kappa shape index (κ2) is 7.08. The van der Waals surface area contributed by atoms with Crippen LogP contribution in [0, 0.1) is 17.3 Å². The summed E-state index contributed by atoms with van der Waals surface area (Å²) < 4.78 is 0. The maximum atomic E-state index is 6.16. The topological polar surface area (TPSA) is 29.3 Å². The summed E-state index contributed by atoms with van der Waals surface area (Å²) in [5.74, 6) is 1.83. The van der Waals surface area contributed by atoms with Gasteiger partial charge in [-0.2, -0.15) is 0 Å². The highest BCUT2D eigenvalue weighted by Crippen LogP contribution is 2.39. The van der Waals surface area contributed by atoms with Gasteiger partial charge in [0, 0.05) is 13.1 Å². The van der Waals surface area contributed by atoms with Crippen molar-refractivity contribution in [3.05, 3.63) is 0 Å². The van der Waals surface area contributed by atoms with Gasteiger partial charge in [-0.15, -0.1) is 0 Å². The molecular formula is C17H34N2. The summed E-state index contributed by atoms with van der Waals surface area (Å²) in [6, 6.07) is 0. The summed E-state index contributed by atoms with van der Waals surface area (Å²) in [4.78, 5) is 2.60. The van der Waals surface area contributed by atoms with Crippen molar-refractivity contribution in [1.29, 1.82) is 0 Å². The molecule has 0 heterocycles. The Labute approximate surface area is 120 Å². The Kier molecular flexibility index (Phi) is 5.70. The van der Waals surface area contributed by atoms with Gasteiger partial charge in [-0.1, -0.05) is 39.0 Å². The predicted molar refractivity (Wildman–Crippen MR) is 83.2 cm³/mol. The van der Waals surface area contributed by atoms with Crippen molar-refractivity contribution in [2.75, 3.05) is 26.7 Å². The molecule has 2 nitrogen and oxygen atoms in total. The van der Waals surface area contributed by atoms with E-state index >= 15 is 0 Å². The van der Waals surface area contributed by atoms with Crippen molar-refractivity contribution in [3.8, 4) is 0 Å². The molecule has 0 radical (unpaired) electrons. The SMILES string of the molecule is CC1CCCC(CN)(CN(C)CC2CCCCC2)C1. The van der Waals surface area contributed by atoms with Gasteiger partial charge in [-0.05, 0) is 56.5 Å². The molecule has 0 saturated heterocycles. The van der Waals surface area contributed by atoms with E-state index in [9.17, 15) is 0 Å². The molecule has 0 bridgehead atoms. The van der Waals surface area contributed by atoms with E-state index in [0.717, 1.165) is 18.4 Å². The first-order valence-corrected chi connectivity index (χ1v) is 8.52. The van der Waals surface area contributed by atoms with Crippen molar-refractivity contribution in [3.63, 3.8) is 0 Å². The highest BCUT2D eigenvalue weighted by Gasteiger charge is 2.34. The summed E-state index contributed by atoms with van der Waals surface area (Å²) in [6.45, 7) is 5.82. The summed E-state index contributed by atoms with van der Waals surface area (Å²) in [5.41, 5.74) is 6.57. The van der Waals surface area contributed by atoms with Gasteiger partial charge in [0.15, 0.2) is 0 Å². The zero-order chi connectivity index (χ0) is 13.7. The molecule has 2 aliphatic rings. The molecule has 2 aliphatic carbocycles. The third kappa shape index (κ3) is 4.46. The van der Waals surface area contributed by atoms with Crippen molar-refractivity contribution in [2.24, 2.45) is 23.0 Å². The number of hydrogen-bond donors (Lipinski definition) is 1. The molecule has 19 heavy (non-hydrogen) atoms. The smallest absolute Gasteiger partial charge is 0.00472 e. The zero-order valence-corrected chi connectivity index (χ0v) is 13.2. The third-order valence-corrected chi connectivity index (χ3v) is 5.52. The van der Waals surface area contributed by atoms with Crippen LogP contribution in [-0.4, -0.2) is 31.6 Å². The molecule has 0 aliphatic heterocycles. The number of nitrogens with two attached hydrogens (primary N) is 1. The van der Waals surface area contributed by atoms with Crippen LogP contribution in [0.4, 0.5) is 0 Å². The molecule has 2 saturated carbocycles. The Morgan fingerprint density at radius 2 is 1.84 bits per heavy atom. The molecular weight excluding hydrogens is 232 g/mol. The second-order valence-corrected chi connectivity index (χ2v) is 7.61. The lowest BCUT2D eigenvalue weighted by molar-refractivity contribution is 0.0893. The fourth-order valence-corrected chi connectivity index (χ4v) is 4.61. The van der Waals surface area contributed by atoms with Crippen LogP contribution in [0.15, 0.2) is 0 Å². The van der Waals surface area contributed by atoms with Gasteiger partial charge in [0.1, 0.15) is 0 Å². The molecule has 0 spiro atoms. The van der Waals surface area contributed by atoms with Crippen LogP contribution in [0.25, 0.3) is 0 Å². The lowest BCUT2D eigenvalue weighted by atomic mass is 9.69. The molecule has 0 aromatic rings. The number of hydrogen-bond acceptors (Lipinski definition) is 2. The average Bonchev–Trinajstić information content (AvgIpc) is 2.39. The maximum Gasteiger partial charge on any atom is 0.00472 e. The minimum absolute atomic E-state index is 0.418. The van der Waals surface area contributed by atoms with Crippen LogP contribution in [0.2, 0.25) is 0 Å².